The van der Waals surface area contributed by atoms with Crippen molar-refractivity contribution in [1.82, 2.24) is 9.29 Å². The van der Waals surface area contributed by atoms with Crippen LogP contribution in [0.3, 0.4) is 0 Å². The second-order valence-electron chi connectivity index (χ2n) is 3.99. The smallest absolute Gasteiger partial charge is 0.358 e. The molecular formula is C10H14N2O5S2. The average Bonchev–Trinajstić information content (AvgIpc) is 3.06. The summed E-state index contributed by atoms with van der Waals surface area (Å²) in [6.45, 7) is 0.663. The molecule has 0 N–H and O–H groups in total. The summed E-state index contributed by atoms with van der Waals surface area (Å²) in [5, 5.41) is 0. The first-order valence-corrected chi connectivity index (χ1v) is 7.87. The molecule has 1 aromatic heterocycles. The van der Waals surface area contributed by atoms with Crippen LogP contribution in [-0.2, 0) is 19.5 Å². The van der Waals surface area contributed by atoms with Crippen molar-refractivity contribution >= 4 is 27.3 Å². The molecule has 106 valence electrons. The molecule has 7 nitrogen and oxygen atoms in total. The van der Waals surface area contributed by atoms with Crippen LogP contribution >= 0.6 is 11.3 Å². The molecule has 9 heteroatoms. The van der Waals surface area contributed by atoms with Gasteiger partial charge in [0.1, 0.15) is 0 Å². The van der Waals surface area contributed by atoms with Crippen molar-refractivity contribution in [3.8, 4) is 0 Å². The minimum atomic E-state index is -3.72. The average molecular weight is 306 g/mol. The third-order valence-electron chi connectivity index (χ3n) is 2.93. The van der Waals surface area contributed by atoms with Crippen LogP contribution in [0.2, 0.25) is 0 Å². The van der Waals surface area contributed by atoms with Crippen LogP contribution in [0.1, 0.15) is 16.9 Å². The first-order valence-electron chi connectivity index (χ1n) is 5.55. The zero-order valence-electron chi connectivity index (χ0n) is 10.5. The van der Waals surface area contributed by atoms with Gasteiger partial charge in [-0.15, -0.1) is 11.3 Å². The molecule has 1 saturated heterocycles. The molecule has 0 aliphatic carbocycles. The lowest BCUT2D eigenvalue weighted by Crippen LogP contribution is -2.30. The maximum absolute atomic E-state index is 12.4. The summed E-state index contributed by atoms with van der Waals surface area (Å²) in [7, 11) is -0.977. The highest BCUT2D eigenvalue weighted by atomic mass is 32.2. The van der Waals surface area contributed by atoms with Gasteiger partial charge in [0.2, 0.25) is 0 Å². The molecule has 0 aromatic carbocycles. The van der Waals surface area contributed by atoms with Crippen molar-refractivity contribution in [3.05, 3.63) is 11.2 Å². The van der Waals surface area contributed by atoms with Gasteiger partial charge in [-0.05, 0) is 6.42 Å². The summed E-state index contributed by atoms with van der Waals surface area (Å²) in [5.74, 6) is -0.748. The van der Waals surface area contributed by atoms with E-state index < -0.39 is 16.0 Å². The van der Waals surface area contributed by atoms with Gasteiger partial charge < -0.3 is 9.47 Å². The molecule has 1 atom stereocenters. The van der Waals surface area contributed by atoms with E-state index >= 15 is 0 Å². The molecule has 0 radical (unpaired) electrons. The Bertz CT molecular complexity index is 568. The van der Waals surface area contributed by atoms with Gasteiger partial charge in [0.25, 0.3) is 10.0 Å². The molecule has 0 bridgehead atoms. The molecule has 1 fully saturated rings. The number of carbonyl (C=O) groups excluding carboxylic acids is 1. The minimum absolute atomic E-state index is 0.0731. The van der Waals surface area contributed by atoms with Crippen molar-refractivity contribution in [2.75, 3.05) is 27.3 Å². The maximum atomic E-state index is 12.4. The summed E-state index contributed by atoms with van der Waals surface area (Å²) < 4.78 is 35.8. The van der Waals surface area contributed by atoms with E-state index in [1.165, 1.54) is 16.9 Å². The Morgan fingerprint density at radius 3 is 2.84 bits per heavy atom. The van der Waals surface area contributed by atoms with E-state index in [0.29, 0.717) is 13.0 Å². The largest absolute Gasteiger partial charge is 0.464 e. The number of nitrogens with zero attached hydrogens (tertiary/aromatic N) is 2. The predicted molar refractivity (Wildman–Crippen MR) is 67.6 cm³/mol. The van der Waals surface area contributed by atoms with Crippen LogP contribution in [0, 0.1) is 0 Å². The number of sulfonamides is 1. The van der Waals surface area contributed by atoms with E-state index in [2.05, 4.69) is 9.72 Å². The van der Waals surface area contributed by atoms with Gasteiger partial charge in [0.15, 0.2) is 9.90 Å². The van der Waals surface area contributed by atoms with Crippen molar-refractivity contribution in [3.63, 3.8) is 0 Å². The summed E-state index contributed by atoms with van der Waals surface area (Å²) in [4.78, 5) is 15.3. The summed E-state index contributed by atoms with van der Waals surface area (Å²) in [6, 6.07) is 0. The molecule has 0 spiro atoms. The van der Waals surface area contributed by atoms with Crippen LogP contribution < -0.4 is 0 Å². The summed E-state index contributed by atoms with van der Waals surface area (Å²) in [6.07, 6.45) is 0.534. The van der Waals surface area contributed by atoms with Gasteiger partial charge in [0, 0.05) is 20.2 Å². The number of carbonyl (C=O) groups is 1. The first-order chi connectivity index (χ1) is 9.00. The van der Waals surface area contributed by atoms with Gasteiger partial charge in [-0.3, -0.25) is 0 Å². The molecule has 0 amide bonds. The first kappa shape index (κ1) is 14.4. The van der Waals surface area contributed by atoms with Crippen LogP contribution in [0.15, 0.2) is 9.72 Å². The molecule has 2 rings (SSSR count). The normalized spacial score (nSPS) is 20.6. The van der Waals surface area contributed by atoms with Gasteiger partial charge in [-0.2, -0.15) is 4.31 Å². The monoisotopic (exact) mass is 306 g/mol. The van der Waals surface area contributed by atoms with E-state index in [1.54, 1.807) is 7.11 Å². The SMILES string of the molecule is COC(=O)c1ncsc1S(=O)(=O)N1CCC(OC)C1. The predicted octanol–water partition coefficient (Wildman–Crippen LogP) is 0.339. The Labute approximate surface area is 115 Å². The molecular weight excluding hydrogens is 292 g/mol. The third kappa shape index (κ3) is 2.64. The van der Waals surface area contributed by atoms with Crippen LogP contribution in [0.4, 0.5) is 0 Å². The van der Waals surface area contributed by atoms with Crippen LogP contribution in [0.25, 0.3) is 0 Å². The number of esters is 1. The highest BCUT2D eigenvalue weighted by Crippen LogP contribution is 2.27. The van der Waals surface area contributed by atoms with E-state index in [0.717, 1.165) is 11.3 Å². The highest BCUT2D eigenvalue weighted by Gasteiger charge is 2.36. The molecule has 1 aliphatic heterocycles. The summed E-state index contributed by atoms with van der Waals surface area (Å²) in [5.41, 5.74) is 1.16. The number of rotatable bonds is 4. The Hall–Kier alpha value is -1.03. The highest BCUT2D eigenvalue weighted by molar-refractivity contribution is 7.91. The molecule has 1 aromatic rings. The van der Waals surface area contributed by atoms with Gasteiger partial charge >= 0.3 is 5.97 Å². The Balaban J connectivity index is 2.31. The second-order valence-corrected chi connectivity index (χ2v) is 6.98. The zero-order chi connectivity index (χ0) is 14.0. The number of hydrogen-bond donors (Lipinski definition) is 0. The van der Waals surface area contributed by atoms with Crippen LogP contribution in [0.5, 0.6) is 0 Å². The topological polar surface area (TPSA) is 85.8 Å². The van der Waals surface area contributed by atoms with Crippen molar-refractivity contribution in [2.24, 2.45) is 0 Å². The fourth-order valence-electron chi connectivity index (χ4n) is 1.88. The molecule has 2 heterocycles. The number of ether oxygens (including phenoxy) is 2. The Kier molecular flexibility index (Phi) is 4.19. The Morgan fingerprint density at radius 1 is 1.53 bits per heavy atom. The van der Waals surface area contributed by atoms with Gasteiger partial charge in [-0.1, -0.05) is 0 Å². The second kappa shape index (κ2) is 5.53. The fourth-order valence-corrected chi connectivity index (χ4v) is 4.63. The number of methoxy groups -OCH3 is 2. The van der Waals surface area contributed by atoms with E-state index in [1.807, 2.05) is 0 Å². The molecule has 1 aliphatic rings. The standard InChI is InChI=1S/C10H14N2O5S2/c1-16-7-3-4-12(5-7)19(14,15)10-8(9(13)17-2)11-6-18-10/h6-7H,3-5H2,1-2H3. The molecule has 1 unspecified atom stereocenters. The fraction of sp³-hybridized carbons (Fsp3) is 0.600. The van der Waals surface area contributed by atoms with E-state index in [-0.39, 0.29) is 22.6 Å². The zero-order valence-corrected chi connectivity index (χ0v) is 12.2. The quantitative estimate of drug-likeness (QED) is 0.746. The maximum Gasteiger partial charge on any atom is 0.358 e. The van der Waals surface area contributed by atoms with Crippen molar-refractivity contribution in [2.45, 2.75) is 16.7 Å². The number of hydrogen-bond acceptors (Lipinski definition) is 7. The number of aromatic nitrogens is 1. The molecule has 0 saturated carbocycles. The van der Waals surface area contributed by atoms with Crippen LogP contribution in [-0.4, -0.2) is 57.1 Å². The lowest BCUT2D eigenvalue weighted by molar-refractivity contribution is 0.0590. The van der Waals surface area contributed by atoms with Gasteiger partial charge in [0.05, 0.1) is 18.7 Å². The molecule has 19 heavy (non-hydrogen) atoms. The van der Waals surface area contributed by atoms with E-state index in [4.69, 9.17) is 4.74 Å². The lowest BCUT2D eigenvalue weighted by atomic mass is 10.3. The summed E-state index contributed by atoms with van der Waals surface area (Å²) >= 11 is 0.913. The van der Waals surface area contributed by atoms with Crippen molar-refractivity contribution < 1.29 is 22.7 Å². The lowest BCUT2D eigenvalue weighted by Gasteiger charge is -2.15. The van der Waals surface area contributed by atoms with E-state index in [9.17, 15) is 13.2 Å². The van der Waals surface area contributed by atoms with Gasteiger partial charge in [-0.25, -0.2) is 18.2 Å². The number of thiazole rings is 1. The minimum Gasteiger partial charge on any atom is -0.464 e. The van der Waals surface area contributed by atoms with Crippen molar-refractivity contribution in [1.29, 1.82) is 0 Å². The third-order valence-corrected chi connectivity index (χ3v) is 6.14. The Morgan fingerprint density at radius 2 is 2.26 bits per heavy atom.